The number of hydrogen-bond donors (Lipinski definition) is 2. The van der Waals surface area contributed by atoms with E-state index in [9.17, 15) is 9.18 Å². The third-order valence-electron chi connectivity index (χ3n) is 3.14. The largest absolute Gasteiger partial charge is 0.481 e. The fourth-order valence-electron chi connectivity index (χ4n) is 1.97. The molecule has 0 aliphatic heterocycles. The van der Waals surface area contributed by atoms with Gasteiger partial charge >= 0.3 is 5.97 Å². The van der Waals surface area contributed by atoms with Crippen LogP contribution in [-0.4, -0.2) is 17.1 Å². The van der Waals surface area contributed by atoms with Gasteiger partial charge in [-0.15, -0.1) is 0 Å². The fourth-order valence-corrected chi connectivity index (χ4v) is 1.97. The van der Waals surface area contributed by atoms with Gasteiger partial charge in [-0.3, -0.25) is 4.79 Å². The molecule has 0 bridgehead atoms. The summed E-state index contributed by atoms with van der Waals surface area (Å²) in [6, 6.07) is 4.68. The molecule has 0 amide bonds. The lowest BCUT2D eigenvalue weighted by Gasteiger charge is -2.35. The van der Waals surface area contributed by atoms with Gasteiger partial charge in [0.1, 0.15) is 5.82 Å². The molecule has 0 spiro atoms. The number of carboxylic acid groups (broad SMARTS) is 1. The Morgan fingerprint density at radius 2 is 2.25 bits per heavy atom. The number of hydrogen-bond acceptors (Lipinski definition) is 2. The molecule has 1 aliphatic rings. The number of nitrogens with one attached hydrogen (secondary N) is 1. The third kappa shape index (κ3) is 1.87. The summed E-state index contributed by atoms with van der Waals surface area (Å²) in [4.78, 5) is 10.8. The van der Waals surface area contributed by atoms with Crippen LogP contribution in [0.4, 0.5) is 10.1 Å². The first-order chi connectivity index (χ1) is 7.59. The molecule has 1 aromatic rings. The second-order valence-corrected chi connectivity index (χ2v) is 4.20. The Balaban J connectivity index is 2.13. The van der Waals surface area contributed by atoms with E-state index in [-0.39, 0.29) is 17.8 Å². The Morgan fingerprint density at radius 1 is 1.50 bits per heavy atom. The van der Waals surface area contributed by atoms with Gasteiger partial charge in [-0.2, -0.15) is 0 Å². The predicted octanol–water partition coefficient (Wildman–Crippen LogP) is 2.41. The maximum Gasteiger partial charge on any atom is 0.308 e. The minimum atomic E-state index is -0.808. The maximum absolute atomic E-state index is 13.5. The topological polar surface area (TPSA) is 49.3 Å². The zero-order chi connectivity index (χ0) is 11.7. The van der Waals surface area contributed by atoms with Crippen LogP contribution in [0.3, 0.4) is 0 Å². The highest BCUT2D eigenvalue weighted by Crippen LogP contribution is 2.32. The smallest absolute Gasteiger partial charge is 0.308 e. The van der Waals surface area contributed by atoms with Crippen molar-refractivity contribution in [3.63, 3.8) is 0 Å². The second kappa shape index (κ2) is 4.12. The van der Waals surface area contributed by atoms with Crippen LogP contribution in [0.25, 0.3) is 0 Å². The summed E-state index contributed by atoms with van der Waals surface area (Å²) in [5.41, 5.74) is 1.23. The molecule has 0 radical (unpaired) electrons. The molecule has 2 rings (SSSR count). The molecule has 1 aliphatic carbocycles. The standard InChI is InChI=1S/C12H14FNO2/c1-7-3-2-4-9(13)11(7)14-10-6-5-8(10)12(15)16/h2-4,8,10,14H,5-6H2,1H3,(H,15,16). The molecule has 1 saturated carbocycles. The van der Waals surface area contributed by atoms with E-state index in [4.69, 9.17) is 5.11 Å². The number of carbonyl (C=O) groups is 1. The van der Waals surface area contributed by atoms with Gasteiger partial charge < -0.3 is 10.4 Å². The van der Waals surface area contributed by atoms with E-state index >= 15 is 0 Å². The van der Waals surface area contributed by atoms with Crippen molar-refractivity contribution in [1.29, 1.82) is 0 Å². The van der Waals surface area contributed by atoms with E-state index in [1.54, 1.807) is 19.1 Å². The van der Waals surface area contributed by atoms with Gasteiger partial charge in [-0.05, 0) is 31.4 Å². The number of rotatable bonds is 3. The maximum atomic E-state index is 13.5. The van der Waals surface area contributed by atoms with Gasteiger partial charge in [0, 0.05) is 6.04 Å². The number of aryl methyl sites for hydroxylation is 1. The molecule has 2 N–H and O–H groups in total. The molecule has 0 aromatic heterocycles. The summed E-state index contributed by atoms with van der Waals surface area (Å²) in [5.74, 6) is -1.52. The lowest BCUT2D eigenvalue weighted by Crippen LogP contribution is -2.43. The van der Waals surface area contributed by atoms with Crippen LogP contribution in [0.15, 0.2) is 18.2 Å². The number of anilines is 1. The quantitative estimate of drug-likeness (QED) is 0.827. The van der Waals surface area contributed by atoms with E-state index in [2.05, 4.69) is 5.32 Å². The molecule has 2 atom stereocenters. The van der Waals surface area contributed by atoms with Crippen LogP contribution < -0.4 is 5.32 Å². The van der Waals surface area contributed by atoms with Crippen LogP contribution in [-0.2, 0) is 4.79 Å². The van der Waals surface area contributed by atoms with E-state index in [0.29, 0.717) is 12.1 Å². The van der Waals surface area contributed by atoms with Crippen LogP contribution in [0.2, 0.25) is 0 Å². The molecular formula is C12H14FNO2. The summed E-state index contributed by atoms with van der Waals surface area (Å²) in [6.45, 7) is 1.81. The minimum Gasteiger partial charge on any atom is -0.481 e. The summed E-state index contributed by atoms with van der Waals surface area (Å²) >= 11 is 0. The Kier molecular flexibility index (Phi) is 2.81. The van der Waals surface area contributed by atoms with Gasteiger partial charge in [0.2, 0.25) is 0 Å². The summed E-state index contributed by atoms with van der Waals surface area (Å²) in [5, 5.41) is 11.9. The SMILES string of the molecule is Cc1cccc(F)c1NC1CCC1C(=O)O. The average Bonchev–Trinajstić information content (AvgIpc) is 2.14. The Bertz CT molecular complexity index is 399. The molecular weight excluding hydrogens is 209 g/mol. The highest BCUT2D eigenvalue weighted by atomic mass is 19.1. The van der Waals surface area contributed by atoms with Crippen molar-refractivity contribution in [3.05, 3.63) is 29.6 Å². The number of aliphatic carboxylic acids is 1. The molecule has 2 unspecified atom stereocenters. The zero-order valence-corrected chi connectivity index (χ0v) is 9.03. The first-order valence-corrected chi connectivity index (χ1v) is 5.34. The van der Waals surface area contributed by atoms with Crippen molar-refractivity contribution in [1.82, 2.24) is 0 Å². The van der Waals surface area contributed by atoms with Crippen LogP contribution in [0.1, 0.15) is 18.4 Å². The van der Waals surface area contributed by atoms with Crippen LogP contribution in [0.5, 0.6) is 0 Å². The molecule has 1 aromatic carbocycles. The molecule has 4 heteroatoms. The third-order valence-corrected chi connectivity index (χ3v) is 3.14. The van der Waals surface area contributed by atoms with Crippen molar-refractivity contribution in [3.8, 4) is 0 Å². The van der Waals surface area contributed by atoms with Gasteiger partial charge in [-0.1, -0.05) is 12.1 Å². The highest BCUT2D eigenvalue weighted by Gasteiger charge is 2.36. The van der Waals surface area contributed by atoms with Crippen molar-refractivity contribution in [2.75, 3.05) is 5.32 Å². The zero-order valence-electron chi connectivity index (χ0n) is 9.03. The van der Waals surface area contributed by atoms with Crippen molar-refractivity contribution in [2.24, 2.45) is 5.92 Å². The Morgan fingerprint density at radius 3 is 2.75 bits per heavy atom. The van der Waals surface area contributed by atoms with Crippen molar-refractivity contribution < 1.29 is 14.3 Å². The van der Waals surface area contributed by atoms with Gasteiger partial charge in [0.25, 0.3) is 0 Å². The number of halogens is 1. The molecule has 86 valence electrons. The predicted molar refractivity (Wildman–Crippen MR) is 58.9 cm³/mol. The van der Waals surface area contributed by atoms with Gasteiger partial charge in [0.05, 0.1) is 11.6 Å². The van der Waals surface area contributed by atoms with Gasteiger partial charge in [-0.25, -0.2) is 4.39 Å². The summed E-state index contributed by atoms with van der Waals surface area (Å²) in [7, 11) is 0. The first kappa shape index (κ1) is 10.9. The molecule has 16 heavy (non-hydrogen) atoms. The lowest BCUT2D eigenvalue weighted by atomic mass is 9.79. The monoisotopic (exact) mass is 223 g/mol. The van der Waals surface area contributed by atoms with E-state index in [1.807, 2.05) is 0 Å². The number of para-hydroxylation sites is 1. The molecule has 3 nitrogen and oxygen atoms in total. The van der Waals surface area contributed by atoms with E-state index < -0.39 is 5.97 Å². The lowest BCUT2D eigenvalue weighted by molar-refractivity contribution is -0.144. The van der Waals surface area contributed by atoms with Crippen molar-refractivity contribution >= 4 is 11.7 Å². The normalized spacial score (nSPS) is 23.6. The Labute approximate surface area is 93.3 Å². The highest BCUT2D eigenvalue weighted by molar-refractivity contribution is 5.73. The van der Waals surface area contributed by atoms with Crippen LogP contribution in [0, 0.1) is 18.7 Å². The number of benzene rings is 1. The molecule has 1 fully saturated rings. The summed E-state index contributed by atoms with van der Waals surface area (Å²) in [6.07, 6.45) is 1.45. The minimum absolute atomic E-state index is 0.145. The fraction of sp³-hybridized carbons (Fsp3) is 0.417. The van der Waals surface area contributed by atoms with Crippen molar-refractivity contribution in [2.45, 2.75) is 25.8 Å². The Hall–Kier alpha value is -1.58. The van der Waals surface area contributed by atoms with E-state index in [0.717, 1.165) is 12.0 Å². The van der Waals surface area contributed by atoms with Gasteiger partial charge in [0.15, 0.2) is 0 Å². The average molecular weight is 223 g/mol. The first-order valence-electron chi connectivity index (χ1n) is 5.34. The molecule has 0 saturated heterocycles. The van der Waals surface area contributed by atoms with Crippen LogP contribution >= 0.6 is 0 Å². The second-order valence-electron chi connectivity index (χ2n) is 4.20. The summed E-state index contributed by atoms with van der Waals surface area (Å²) < 4.78 is 13.5. The number of carboxylic acids is 1. The van der Waals surface area contributed by atoms with E-state index in [1.165, 1.54) is 6.07 Å². The molecule has 0 heterocycles.